The molecule has 0 atom stereocenters. The summed E-state index contributed by atoms with van der Waals surface area (Å²) in [6, 6.07) is 5.70. The van der Waals surface area contributed by atoms with E-state index in [2.05, 4.69) is 10.2 Å². The Morgan fingerprint density at radius 1 is 1.41 bits per heavy atom. The fourth-order valence-corrected chi connectivity index (χ4v) is 2.21. The van der Waals surface area contributed by atoms with Crippen molar-refractivity contribution in [3.05, 3.63) is 23.2 Å². The molecule has 0 bridgehead atoms. The Kier molecular flexibility index (Phi) is 4.04. The van der Waals surface area contributed by atoms with E-state index in [-0.39, 0.29) is 5.11 Å². The highest BCUT2D eigenvalue weighted by Crippen LogP contribution is 2.29. The zero-order chi connectivity index (χ0) is 12.3. The van der Waals surface area contributed by atoms with E-state index in [1.807, 2.05) is 18.2 Å². The lowest BCUT2D eigenvalue weighted by Crippen LogP contribution is -2.36. The predicted octanol–water partition coefficient (Wildman–Crippen LogP) is 1.83. The number of halogens is 1. The molecule has 2 rings (SSSR count). The monoisotopic (exact) mass is 271 g/mol. The van der Waals surface area contributed by atoms with Gasteiger partial charge in [0, 0.05) is 18.8 Å². The van der Waals surface area contributed by atoms with Crippen LogP contribution >= 0.6 is 23.8 Å². The van der Waals surface area contributed by atoms with E-state index in [0.717, 1.165) is 37.7 Å². The second-order valence-electron chi connectivity index (χ2n) is 3.75. The van der Waals surface area contributed by atoms with Crippen molar-refractivity contribution in [1.82, 2.24) is 0 Å². The molecule has 1 heterocycles. The molecule has 0 unspecified atom stereocenters. The zero-order valence-corrected chi connectivity index (χ0v) is 10.9. The molecule has 1 aromatic carbocycles. The molecule has 6 heteroatoms. The van der Waals surface area contributed by atoms with Gasteiger partial charge < -0.3 is 20.7 Å². The van der Waals surface area contributed by atoms with E-state index < -0.39 is 0 Å². The maximum absolute atomic E-state index is 6.24. The lowest BCUT2D eigenvalue weighted by atomic mass is 10.2. The minimum absolute atomic E-state index is 0.236. The minimum atomic E-state index is 0.236. The quantitative estimate of drug-likeness (QED) is 0.804. The van der Waals surface area contributed by atoms with Gasteiger partial charge in [0.15, 0.2) is 5.11 Å². The molecule has 1 fully saturated rings. The van der Waals surface area contributed by atoms with Crippen LogP contribution in [0.3, 0.4) is 0 Å². The summed E-state index contributed by atoms with van der Waals surface area (Å²) in [4.78, 5) is 2.20. The Balaban J connectivity index is 2.15. The van der Waals surface area contributed by atoms with Gasteiger partial charge in [-0.05, 0) is 30.4 Å². The summed E-state index contributed by atoms with van der Waals surface area (Å²) in [6.07, 6.45) is 0. The highest BCUT2D eigenvalue weighted by molar-refractivity contribution is 7.80. The molecule has 0 radical (unpaired) electrons. The Morgan fingerprint density at radius 2 is 2.12 bits per heavy atom. The molecule has 0 saturated carbocycles. The summed E-state index contributed by atoms with van der Waals surface area (Å²) < 4.78 is 5.31. The fraction of sp³-hybridized carbons (Fsp3) is 0.364. The molecule has 0 spiro atoms. The number of ether oxygens (including phenoxy) is 1. The van der Waals surface area contributed by atoms with Crippen molar-refractivity contribution in [3.63, 3.8) is 0 Å². The smallest absolute Gasteiger partial charge is 0.168 e. The average Bonchev–Trinajstić information content (AvgIpc) is 2.29. The van der Waals surface area contributed by atoms with Crippen LogP contribution in [0.25, 0.3) is 0 Å². The zero-order valence-electron chi connectivity index (χ0n) is 9.28. The number of hydrogen-bond donors (Lipinski definition) is 2. The van der Waals surface area contributed by atoms with Crippen molar-refractivity contribution >= 4 is 40.3 Å². The first-order valence-corrected chi connectivity index (χ1v) is 6.14. The lowest BCUT2D eigenvalue weighted by molar-refractivity contribution is 0.122. The molecule has 17 heavy (non-hydrogen) atoms. The van der Waals surface area contributed by atoms with E-state index in [9.17, 15) is 0 Å². The van der Waals surface area contributed by atoms with Crippen molar-refractivity contribution in [1.29, 1.82) is 0 Å². The minimum Gasteiger partial charge on any atom is -0.378 e. The van der Waals surface area contributed by atoms with Gasteiger partial charge in [-0.25, -0.2) is 0 Å². The first-order valence-electron chi connectivity index (χ1n) is 5.35. The molecule has 1 aliphatic rings. The second kappa shape index (κ2) is 5.53. The third-order valence-electron chi connectivity index (χ3n) is 2.57. The van der Waals surface area contributed by atoms with Crippen LogP contribution in [0.1, 0.15) is 0 Å². The summed E-state index contributed by atoms with van der Waals surface area (Å²) in [5.74, 6) is 0. The number of thiocarbonyl (C=S) groups is 1. The molecule has 3 N–H and O–H groups in total. The molecule has 92 valence electrons. The van der Waals surface area contributed by atoms with Crippen LogP contribution in [0.2, 0.25) is 5.02 Å². The van der Waals surface area contributed by atoms with Gasteiger partial charge in [0.1, 0.15) is 0 Å². The van der Waals surface area contributed by atoms with Crippen LogP contribution < -0.4 is 16.0 Å². The number of benzene rings is 1. The molecule has 4 nitrogen and oxygen atoms in total. The number of morpholine rings is 1. The number of nitrogens with two attached hydrogens (primary N) is 1. The van der Waals surface area contributed by atoms with Gasteiger partial charge in [-0.1, -0.05) is 11.6 Å². The number of anilines is 2. The van der Waals surface area contributed by atoms with E-state index >= 15 is 0 Å². The number of rotatable bonds is 2. The fourth-order valence-electron chi connectivity index (χ4n) is 1.79. The summed E-state index contributed by atoms with van der Waals surface area (Å²) in [7, 11) is 0. The summed E-state index contributed by atoms with van der Waals surface area (Å²) in [5.41, 5.74) is 7.23. The van der Waals surface area contributed by atoms with Crippen molar-refractivity contribution in [3.8, 4) is 0 Å². The van der Waals surface area contributed by atoms with Crippen LogP contribution in [0.15, 0.2) is 18.2 Å². The van der Waals surface area contributed by atoms with Gasteiger partial charge in [-0.2, -0.15) is 0 Å². The van der Waals surface area contributed by atoms with Crippen LogP contribution in [-0.4, -0.2) is 31.4 Å². The molecular formula is C11H14ClN3OS. The van der Waals surface area contributed by atoms with E-state index in [4.69, 9.17) is 34.3 Å². The number of hydrogen-bond acceptors (Lipinski definition) is 3. The Hall–Kier alpha value is -1.04. The third kappa shape index (κ3) is 3.21. The van der Waals surface area contributed by atoms with Crippen molar-refractivity contribution in [2.24, 2.45) is 5.73 Å². The van der Waals surface area contributed by atoms with Crippen molar-refractivity contribution in [2.45, 2.75) is 0 Å². The van der Waals surface area contributed by atoms with Gasteiger partial charge in [0.25, 0.3) is 0 Å². The standard InChI is InChI=1S/C11H14ClN3OS/c12-9-7-8(14-11(13)17)1-2-10(9)15-3-5-16-6-4-15/h1-2,7H,3-6H2,(H3,13,14,17). The number of nitrogens with one attached hydrogen (secondary N) is 1. The second-order valence-corrected chi connectivity index (χ2v) is 4.60. The third-order valence-corrected chi connectivity index (χ3v) is 2.97. The summed E-state index contributed by atoms with van der Waals surface area (Å²) >= 11 is 11.0. The van der Waals surface area contributed by atoms with Crippen LogP contribution in [0.4, 0.5) is 11.4 Å². The Bertz CT molecular complexity index is 421. The Labute approximate surface area is 111 Å². The highest BCUT2D eigenvalue weighted by Gasteiger charge is 2.14. The van der Waals surface area contributed by atoms with Gasteiger partial charge in [0.05, 0.1) is 23.9 Å². The van der Waals surface area contributed by atoms with Crippen LogP contribution in [0, 0.1) is 0 Å². The van der Waals surface area contributed by atoms with Crippen LogP contribution in [-0.2, 0) is 4.74 Å². The van der Waals surface area contributed by atoms with Gasteiger partial charge in [-0.15, -0.1) is 0 Å². The van der Waals surface area contributed by atoms with E-state index in [0.29, 0.717) is 5.02 Å². The lowest BCUT2D eigenvalue weighted by Gasteiger charge is -2.29. The Morgan fingerprint density at radius 3 is 2.71 bits per heavy atom. The first kappa shape index (κ1) is 12.4. The predicted molar refractivity (Wildman–Crippen MR) is 74.9 cm³/mol. The normalized spacial score (nSPS) is 15.7. The SMILES string of the molecule is NC(=S)Nc1ccc(N2CCOCC2)c(Cl)c1. The summed E-state index contributed by atoms with van der Waals surface area (Å²) in [6.45, 7) is 3.20. The van der Waals surface area contributed by atoms with Crippen molar-refractivity contribution in [2.75, 3.05) is 36.5 Å². The molecule has 0 amide bonds. The molecular weight excluding hydrogens is 258 g/mol. The van der Waals surface area contributed by atoms with Crippen LogP contribution in [0.5, 0.6) is 0 Å². The molecule has 1 saturated heterocycles. The topological polar surface area (TPSA) is 50.5 Å². The van der Waals surface area contributed by atoms with Gasteiger partial charge in [0.2, 0.25) is 0 Å². The maximum Gasteiger partial charge on any atom is 0.168 e. The van der Waals surface area contributed by atoms with Gasteiger partial charge >= 0.3 is 0 Å². The van der Waals surface area contributed by atoms with Crippen molar-refractivity contribution < 1.29 is 4.74 Å². The molecule has 0 aromatic heterocycles. The van der Waals surface area contributed by atoms with Gasteiger partial charge in [-0.3, -0.25) is 0 Å². The van der Waals surface area contributed by atoms with E-state index in [1.54, 1.807) is 0 Å². The largest absolute Gasteiger partial charge is 0.378 e. The molecule has 0 aliphatic carbocycles. The summed E-state index contributed by atoms with van der Waals surface area (Å²) in [5, 5.41) is 3.78. The first-order chi connectivity index (χ1) is 8.16. The highest BCUT2D eigenvalue weighted by atomic mass is 35.5. The average molecular weight is 272 g/mol. The maximum atomic E-state index is 6.24. The number of nitrogens with zero attached hydrogens (tertiary/aromatic N) is 1. The van der Waals surface area contributed by atoms with E-state index in [1.165, 1.54) is 0 Å². The molecule has 1 aromatic rings. The molecule has 1 aliphatic heterocycles.